The molecule has 0 atom stereocenters. The molecule has 0 aliphatic heterocycles. The Hall–Kier alpha value is 0.748. The Bertz CT molecular complexity index is 235. The van der Waals surface area contributed by atoms with E-state index in [1.54, 1.807) is 0 Å². The van der Waals surface area contributed by atoms with E-state index in [-0.39, 0.29) is 0 Å². The van der Waals surface area contributed by atoms with Crippen LogP contribution in [0.4, 0.5) is 0 Å². The molecular weight excluding hydrogens is 304 g/mol. The highest BCUT2D eigenvalue weighted by Gasteiger charge is 2.28. The van der Waals surface area contributed by atoms with Gasteiger partial charge >= 0.3 is 8.56 Å². The highest BCUT2D eigenvalue weighted by Crippen LogP contribution is 2.17. The van der Waals surface area contributed by atoms with Crippen molar-refractivity contribution >= 4 is 35.9 Å². The molecule has 0 aromatic rings. The maximum Gasteiger partial charge on any atom is 0.312 e. The molecule has 0 amide bonds. The Labute approximate surface area is 126 Å². The first-order valence-corrected chi connectivity index (χ1v) is 17.5. The van der Waals surface area contributed by atoms with E-state index in [0.717, 1.165) is 0 Å². The first-order chi connectivity index (χ1) is 8.68. The number of rotatable bonds is 11. The van der Waals surface area contributed by atoms with E-state index in [1.165, 1.54) is 31.7 Å². The summed E-state index contributed by atoms with van der Waals surface area (Å²) in [6, 6.07) is 1.27. The lowest BCUT2D eigenvalue weighted by molar-refractivity contribution is 0.373. The topological polar surface area (TPSA) is 27.7 Å². The van der Waals surface area contributed by atoms with E-state index < -0.39 is 35.9 Å². The Kier molecular flexibility index (Phi) is 10.0. The molecule has 116 valence electrons. The third kappa shape index (κ3) is 12.2. The second-order valence-corrected chi connectivity index (χ2v) is 18.9. The van der Waals surface area contributed by atoms with Crippen LogP contribution in [0.25, 0.3) is 0 Å². The number of hydrogen-bond donors (Lipinski definition) is 0. The van der Waals surface area contributed by atoms with Gasteiger partial charge < -0.3 is 12.3 Å². The van der Waals surface area contributed by atoms with Crippen LogP contribution in [0.2, 0.25) is 45.3 Å². The van der Waals surface area contributed by atoms with Crippen LogP contribution in [0.3, 0.4) is 0 Å². The van der Waals surface area contributed by atoms with E-state index >= 15 is 0 Å². The summed E-state index contributed by atoms with van der Waals surface area (Å²) in [5.74, 6) is 0. The zero-order valence-corrected chi connectivity index (χ0v) is 18.6. The lowest BCUT2D eigenvalue weighted by Crippen LogP contribution is -2.43. The van der Waals surface area contributed by atoms with E-state index in [9.17, 15) is 0 Å². The van der Waals surface area contributed by atoms with Gasteiger partial charge in [-0.25, -0.2) is 0 Å². The van der Waals surface area contributed by atoms with Gasteiger partial charge in [-0.2, -0.15) is 0 Å². The fourth-order valence-electron chi connectivity index (χ4n) is 1.98. The second kappa shape index (κ2) is 9.64. The third-order valence-electron chi connectivity index (χ3n) is 3.01. The minimum atomic E-state index is -1.89. The summed E-state index contributed by atoms with van der Waals surface area (Å²) < 4.78 is 18.2. The van der Waals surface area contributed by atoms with Crippen molar-refractivity contribution in [2.24, 2.45) is 0 Å². The molecule has 0 bridgehead atoms. The van der Waals surface area contributed by atoms with Gasteiger partial charge in [0.05, 0.1) is 0 Å². The average molecular weight is 339 g/mol. The normalized spacial score (nSPS) is 13.9. The molecule has 0 aliphatic rings. The first kappa shape index (κ1) is 19.7. The summed E-state index contributed by atoms with van der Waals surface area (Å²) in [5.41, 5.74) is 0. The molecule has 3 nitrogen and oxygen atoms in total. The van der Waals surface area contributed by atoms with Crippen molar-refractivity contribution in [1.29, 1.82) is 0 Å². The van der Waals surface area contributed by atoms with Gasteiger partial charge in [0.15, 0.2) is 17.4 Å². The molecule has 0 saturated carbocycles. The Balaban J connectivity index is 3.84. The van der Waals surface area contributed by atoms with E-state index in [1.807, 2.05) is 0 Å². The second-order valence-electron chi connectivity index (χ2n) is 6.54. The fourth-order valence-corrected chi connectivity index (χ4v) is 12.3. The molecule has 19 heavy (non-hydrogen) atoms. The van der Waals surface area contributed by atoms with Gasteiger partial charge in [-0.1, -0.05) is 32.6 Å². The van der Waals surface area contributed by atoms with E-state index in [0.29, 0.717) is 0 Å². The van der Waals surface area contributed by atoms with Crippen molar-refractivity contribution in [3.8, 4) is 0 Å². The predicted molar refractivity (Wildman–Crippen MR) is 94.6 cm³/mol. The molecule has 0 N–H and O–H groups in total. The van der Waals surface area contributed by atoms with E-state index in [4.69, 9.17) is 12.3 Å². The van der Waals surface area contributed by atoms with Crippen molar-refractivity contribution < 1.29 is 12.3 Å². The maximum atomic E-state index is 6.15. The standard InChI is InChI=1S/C12H34O3Si4/c1-8-9-10-11-12-18(4,5)13-16-14-19(6,7)15-17(2)3/h17H,8-12,16H2,1-7H3. The fraction of sp³-hybridized carbons (Fsp3) is 1.00. The van der Waals surface area contributed by atoms with Gasteiger partial charge in [0.25, 0.3) is 10.0 Å². The molecule has 0 aliphatic carbocycles. The molecule has 0 radical (unpaired) electrons. The van der Waals surface area contributed by atoms with Crippen LogP contribution in [-0.4, -0.2) is 35.9 Å². The highest BCUT2D eigenvalue weighted by molar-refractivity contribution is 6.78. The van der Waals surface area contributed by atoms with Crippen LogP contribution >= 0.6 is 0 Å². The molecule has 0 heterocycles. The van der Waals surface area contributed by atoms with Gasteiger partial charge in [0, 0.05) is 0 Å². The van der Waals surface area contributed by atoms with Gasteiger partial charge in [0.1, 0.15) is 0 Å². The summed E-state index contributed by atoms with van der Waals surface area (Å²) in [5, 5.41) is 0. The molecular formula is C12H34O3Si4. The van der Waals surface area contributed by atoms with Crippen LogP contribution in [0, 0.1) is 0 Å². The van der Waals surface area contributed by atoms with Crippen molar-refractivity contribution in [1.82, 2.24) is 0 Å². The summed E-state index contributed by atoms with van der Waals surface area (Å²) in [6.45, 7) is 15.6. The van der Waals surface area contributed by atoms with Gasteiger partial charge in [-0.3, -0.25) is 0 Å². The Morgan fingerprint density at radius 3 is 2.11 bits per heavy atom. The summed E-state index contributed by atoms with van der Waals surface area (Å²) in [4.78, 5) is 0. The minimum Gasteiger partial charge on any atom is -0.441 e. The van der Waals surface area contributed by atoms with Crippen molar-refractivity contribution in [2.45, 2.75) is 77.9 Å². The van der Waals surface area contributed by atoms with Crippen molar-refractivity contribution in [3.05, 3.63) is 0 Å². The van der Waals surface area contributed by atoms with Crippen LogP contribution < -0.4 is 0 Å². The monoisotopic (exact) mass is 338 g/mol. The molecule has 0 fully saturated rings. The average Bonchev–Trinajstić information content (AvgIpc) is 2.21. The molecule has 0 aromatic heterocycles. The predicted octanol–water partition coefficient (Wildman–Crippen LogP) is 3.51. The number of hydrogen-bond acceptors (Lipinski definition) is 3. The third-order valence-corrected chi connectivity index (χ3v) is 15.6. The highest BCUT2D eigenvalue weighted by atomic mass is 28.5. The zero-order valence-electron chi connectivity index (χ0n) is 14.0. The van der Waals surface area contributed by atoms with Crippen LogP contribution in [0.5, 0.6) is 0 Å². The molecule has 0 saturated heterocycles. The molecule has 0 rings (SSSR count). The maximum absolute atomic E-state index is 6.15. The lowest BCUT2D eigenvalue weighted by atomic mass is 10.2. The quantitative estimate of drug-likeness (QED) is 0.426. The smallest absolute Gasteiger partial charge is 0.312 e. The molecule has 0 aromatic carbocycles. The van der Waals surface area contributed by atoms with Crippen molar-refractivity contribution in [3.63, 3.8) is 0 Å². The van der Waals surface area contributed by atoms with Crippen molar-refractivity contribution in [2.75, 3.05) is 0 Å². The largest absolute Gasteiger partial charge is 0.441 e. The first-order valence-electron chi connectivity index (χ1n) is 7.64. The van der Waals surface area contributed by atoms with Crippen LogP contribution in [0.15, 0.2) is 0 Å². The van der Waals surface area contributed by atoms with E-state index in [2.05, 4.69) is 46.2 Å². The lowest BCUT2D eigenvalue weighted by Gasteiger charge is -2.29. The summed E-state index contributed by atoms with van der Waals surface area (Å²) in [7, 11) is -5.22. The summed E-state index contributed by atoms with van der Waals surface area (Å²) in [6.07, 6.45) is 5.32. The molecule has 0 spiro atoms. The zero-order chi connectivity index (χ0) is 14.9. The number of unbranched alkanes of at least 4 members (excludes halogenated alkanes) is 3. The van der Waals surface area contributed by atoms with Gasteiger partial charge in [-0.05, 0) is 45.3 Å². The van der Waals surface area contributed by atoms with Gasteiger partial charge in [0.2, 0.25) is 0 Å². The Morgan fingerprint density at radius 1 is 0.947 bits per heavy atom. The minimum absolute atomic E-state index is 0.859. The van der Waals surface area contributed by atoms with Gasteiger partial charge in [-0.15, -0.1) is 0 Å². The summed E-state index contributed by atoms with van der Waals surface area (Å²) >= 11 is 0. The SMILES string of the molecule is CCCCCC[Si](C)(C)O[SiH2]O[Si](C)(C)O[SiH](C)C. The molecule has 0 unspecified atom stereocenters. The van der Waals surface area contributed by atoms with Crippen LogP contribution in [-0.2, 0) is 12.3 Å². The molecule has 7 heteroatoms. The van der Waals surface area contributed by atoms with Crippen LogP contribution in [0.1, 0.15) is 32.6 Å². The Morgan fingerprint density at radius 2 is 1.58 bits per heavy atom.